The first-order valence-electron chi connectivity index (χ1n) is 4.26. The van der Waals surface area contributed by atoms with Crippen LogP contribution in [0, 0.1) is 17.8 Å². The number of aliphatic hydroxyl groups is 1. The van der Waals surface area contributed by atoms with E-state index in [1.165, 1.54) is 0 Å². The second kappa shape index (κ2) is 4.68. The van der Waals surface area contributed by atoms with E-state index in [0.29, 0.717) is 0 Å². The summed E-state index contributed by atoms with van der Waals surface area (Å²) in [6.45, 7) is 1.89. The Labute approximate surface area is 78.4 Å². The van der Waals surface area contributed by atoms with Crippen molar-refractivity contribution in [1.29, 1.82) is 0 Å². The zero-order valence-electron chi connectivity index (χ0n) is 7.99. The minimum absolute atomic E-state index is 0.0281. The summed E-state index contributed by atoms with van der Waals surface area (Å²) in [7, 11) is 1.94. The maximum Gasteiger partial charge on any atom is 0.0945 e. The Hall–Kier alpha value is -1.27. The van der Waals surface area contributed by atoms with E-state index in [1.54, 1.807) is 19.4 Å². The third kappa shape index (κ3) is 2.60. The standard InChI is InChI=1S/C10H14N2O/c1-3-4-9(7-13)5-10-6-11-8-12(10)2/h6,8-9,13H,5,7H2,1-2H3/t9-/m0/s1. The molecule has 1 rings (SSSR count). The summed E-state index contributed by atoms with van der Waals surface area (Å²) >= 11 is 0. The van der Waals surface area contributed by atoms with Crippen molar-refractivity contribution in [3.8, 4) is 11.8 Å². The molecule has 0 unspecified atom stereocenters. The summed E-state index contributed by atoms with van der Waals surface area (Å²) in [5, 5.41) is 9.01. The number of aromatic nitrogens is 2. The number of hydrogen-bond acceptors (Lipinski definition) is 2. The van der Waals surface area contributed by atoms with E-state index in [4.69, 9.17) is 5.11 Å². The molecule has 0 aliphatic carbocycles. The van der Waals surface area contributed by atoms with Gasteiger partial charge in [0.05, 0.1) is 12.9 Å². The van der Waals surface area contributed by atoms with Gasteiger partial charge in [0.2, 0.25) is 0 Å². The highest BCUT2D eigenvalue weighted by Crippen LogP contribution is 2.06. The van der Waals surface area contributed by atoms with Crippen molar-refractivity contribution in [2.75, 3.05) is 6.61 Å². The summed E-state index contributed by atoms with van der Waals surface area (Å²) in [6, 6.07) is 0. The zero-order valence-corrected chi connectivity index (χ0v) is 7.99. The SMILES string of the molecule is CC#C[C@H](CO)Cc1cncn1C. The molecule has 3 nitrogen and oxygen atoms in total. The van der Waals surface area contributed by atoms with Crippen molar-refractivity contribution >= 4 is 0 Å². The predicted octanol–water partition coefficient (Wildman–Crippen LogP) is 0.594. The van der Waals surface area contributed by atoms with Gasteiger partial charge in [-0.2, -0.15) is 0 Å². The molecule has 13 heavy (non-hydrogen) atoms. The number of aryl methyl sites for hydroxylation is 1. The molecular formula is C10H14N2O. The van der Waals surface area contributed by atoms with Crippen LogP contribution in [0.5, 0.6) is 0 Å². The number of rotatable bonds is 3. The van der Waals surface area contributed by atoms with Crippen molar-refractivity contribution in [3.63, 3.8) is 0 Å². The van der Waals surface area contributed by atoms with Gasteiger partial charge in [-0.25, -0.2) is 4.98 Å². The van der Waals surface area contributed by atoms with Gasteiger partial charge in [-0.05, 0) is 6.92 Å². The summed E-state index contributed by atoms with van der Waals surface area (Å²) in [5.74, 6) is 5.80. The van der Waals surface area contributed by atoms with Crippen LogP contribution in [-0.4, -0.2) is 21.3 Å². The largest absolute Gasteiger partial charge is 0.395 e. The normalized spacial score (nSPS) is 11.9. The molecule has 1 aromatic rings. The molecule has 0 aromatic carbocycles. The van der Waals surface area contributed by atoms with Crippen LogP contribution >= 0.6 is 0 Å². The number of aliphatic hydroxyl groups excluding tert-OH is 1. The fourth-order valence-corrected chi connectivity index (χ4v) is 1.20. The number of nitrogens with zero attached hydrogens (tertiary/aromatic N) is 2. The van der Waals surface area contributed by atoms with Crippen LogP contribution in [0.25, 0.3) is 0 Å². The van der Waals surface area contributed by atoms with E-state index in [9.17, 15) is 0 Å². The topological polar surface area (TPSA) is 38.1 Å². The Balaban J connectivity index is 2.65. The van der Waals surface area contributed by atoms with Crippen LogP contribution in [0.15, 0.2) is 12.5 Å². The molecule has 1 N–H and O–H groups in total. The maximum absolute atomic E-state index is 9.01. The molecule has 0 amide bonds. The molecule has 1 aromatic heterocycles. The van der Waals surface area contributed by atoms with Crippen LogP contribution in [0.4, 0.5) is 0 Å². The van der Waals surface area contributed by atoms with Gasteiger partial charge in [-0.1, -0.05) is 5.92 Å². The molecule has 0 saturated heterocycles. The van der Waals surface area contributed by atoms with Gasteiger partial charge in [-0.15, -0.1) is 5.92 Å². The zero-order chi connectivity index (χ0) is 9.68. The van der Waals surface area contributed by atoms with Gasteiger partial charge in [0.15, 0.2) is 0 Å². The molecule has 0 aliphatic rings. The van der Waals surface area contributed by atoms with Crippen LogP contribution in [0.3, 0.4) is 0 Å². The predicted molar refractivity (Wildman–Crippen MR) is 50.9 cm³/mol. The van der Waals surface area contributed by atoms with Gasteiger partial charge >= 0.3 is 0 Å². The smallest absolute Gasteiger partial charge is 0.0945 e. The van der Waals surface area contributed by atoms with Crippen LogP contribution in [-0.2, 0) is 13.5 Å². The van der Waals surface area contributed by atoms with Crippen molar-refractivity contribution < 1.29 is 5.11 Å². The van der Waals surface area contributed by atoms with E-state index >= 15 is 0 Å². The highest BCUT2D eigenvalue weighted by Gasteiger charge is 2.07. The van der Waals surface area contributed by atoms with Gasteiger partial charge in [0.25, 0.3) is 0 Å². The molecule has 0 fully saturated rings. The highest BCUT2D eigenvalue weighted by atomic mass is 16.3. The van der Waals surface area contributed by atoms with Gasteiger partial charge in [0.1, 0.15) is 0 Å². The lowest BCUT2D eigenvalue weighted by Crippen LogP contribution is -2.09. The third-order valence-electron chi connectivity index (χ3n) is 1.94. The summed E-state index contributed by atoms with van der Waals surface area (Å²) in [4.78, 5) is 4.00. The van der Waals surface area contributed by atoms with E-state index in [0.717, 1.165) is 12.1 Å². The summed E-state index contributed by atoms with van der Waals surface area (Å²) in [5.41, 5.74) is 1.10. The van der Waals surface area contributed by atoms with Crippen LogP contribution < -0.4 is 0 Å². The summed E-state index contributed by atoms with van der Waals surface area (Å²) in [6.07, 6.45) is 4.32. The lowest BCUT2D eigenvalue weighted by atomic mass is 10.1. The Morgan fingerprint density at radius 1 is 1.69 bits per heavy atom. The second-order valence-corrected chi connectivity index (χ2v) is 2.97. The molecule has 0 aliphatic heterocycles. The van der Waals surface area contributed by atoms with Gasteiger partial charge in [-0.3, -0.25) is 0 Å². The van der Waals surface area contributed by atoms with Gasteiger partial charge in [0, 0.05) is 31.3 Å². The van der Waals surface area contributed by atoms with Crippen LogP contribution in [0.1, 0.15) is 12.6 Å². The van der Waals surface area contributed by atoms with Crippen molar-refractivity contribution in [1.82, 2.24) is 9.55 Å². The molecule has 0 spiro atoms. The van der Waals surface area contributed by atoms with E-state index in [-0.39, 0.29) is 12.5 Å². The Morgan fingerprint density at radius 3 is 2.92 bits per heavy atom. The quantitative estimate of drug-likeness (QED) is 0.688. The maximum atomic E-state index is 9.01. The molecular weight excluding hydrogens is 164 g/mol. The van der Waals surface area contributed by atoms with Crippen molar-refractivity contribution in [2.24, 2.45) is 13.0 Å². The first-order valence-corrected chi connectivity index (χ1v) is 4.26. The fourth-order valence-electron chi connectivity index (χ4n) is 1.20. The third-order valence-corrected chi connectivity index (χ3v) is 1.94. The Morgan fingerprint density at radius 2 is 2.46 bits per heavy atom. The molecule has 0 saturated carbocycles. The minimum Gasteiger partial charge on any atom is -0.395 e. The highest BCUT2D eigenvalue weighted by molar-refractivity contribution is 5.08. The molecule has 70 valence electrons. The lowest BCUT2D eigenvalue weighted by Gasteiger charge is -2.06. The fraction of sp³-hybridized carbons (Fsp3) is 0.500. The number of hydrogen-bond donors (Lipinski definition) is 1. The molecule has 0 radical (unpaired) electrons. The van der Waals surface area contributed by atoms with Crippen LogP contribution in [0.2, 0.25) is 0 Å². The molecule has 0 bridgehead atoms. The Bertz CT molecular complexity index is 319. The van der Waals surface area contributed by atoms with Crippen molar-refractivity contribution in [2.45, 2.75) is 13.3 Å². The van der Waals surface area contributed by atoms with Crippen molar-refractivity contribution in [3.05, 3.63) is 18.2 Å². The second-order valence-electron chi connectivity index (χ2n) is 2.97. The Kier molecular flexibility index (Phi) is 3.53. The summed E-state index contributed by atoms with van der Waals surface area (Å²) < 4.78 is 1.94. The molecule has 3 heteroatoms. The average Bonchev–Trinajstić information content (AvgIpc) is 2.51. The van der Waals surface area contributed by atoms with Gasteiger partial charge < -0.3 is 9.67 Å². The monoisotopic (exact) mass is 178 g/mol. The molecule has 1 heterocycles. The lowest BCUT2D eigenvalue weighted by molar-refractivity contribution is 0.255. The number of imidazole rings is 1. The van der Waals surface area contributed by atoms with E-state index in [2.05, 4.69) is 16.8 Å². The first-order chi connectivity index (χ1) is 6.27. The average molecular weight is 178 g/mol. The molecule has 1 atom stereocenters. The van der Waals surface area contributed by atoms with E-state index in [1.807, 2.05) is 11.6 Å². The minimum atomic E-state index is 0.0281. The van der Waals surface area contributed by atoms with E-state index < -0.39 is 0 Å². The first kappa shape index (κ1) is 9.82.